The minimum atomic E-state index is -2.80. The van der Waals surface area contributed by atoms with E-state index in [1.54, 1.807) is 16.8 Å². The lowest BCUT2D eigenvalue weighted by molar-refractivity contribution is 0.116. The largest absolute Gasteiger partial charge is 0.415 e. The lowest BCUT2D eigenvalue weighted by Gasteiger charge is -2.01. The molecule has 3 heterocycles. The van der Waals surface area contributed by atoms with Crippen molar-refractivity contribution in [3.63, 3.8) is 0 Å². The van der Waals surface area contributed by atoms with E-state index in [1.165, 1.54) is 6.20 Å². The highest BCUT2D eigenvalue weighted by molar-refractivity contribution is 5.50. The number of nitrogens with zero attached hydrogens (tertiary/aromatic N) is 6. The van der Waals surface area contributed by atoms with E-state index in [0.29, 0.717) is 12.1 Å². The molecule has 3 aromatic heterocycles. The van der Waals surface area contributed by atoms with Crippen LogP contribution in [0, 0.1) is 0 Å². The van der Waals surface area contributed by atoms with Crippen molar-refractivity contribution in [3.05, 3.63) is 41.8 Å². The summed E-state index contributed by atoms with van der Waals surface area (Å²) in [6.07, 6.45) is 2.87. The number of aromatic nitrogens is 6. The molecule has 0 fully saturated rings. The molecule has 0 amide bonds. The maximum atomic E-state index is 12.5. The van der Waals surface area contributed by atoms with Crippen LogP contribution >= 0.6 is 0 Å². The second kappa shape index (κ2) is 7.88. The van der Waals surface area contributed by atoms with Crippen molar-refractivity contribution in [1.29, 1.82) is 0 Å². The Morgan fingerprint density at radius 1 is 1.12 bits per heavy atom. The number of aryl methyl sites for hydroxylation is 1. The van der Waals surface area contributed by atoms with E-state index in [9.17, 15) is 8.78 Å². The van der Waals surface area contributed by atoms with Gasteiger partial charge in [-0.1, -0.05) is 5.21 Å². The van der Waals surface area contributed by atoms with Crippen molar-refractivity contribution >= 4 is 0 Å². The van der Waals surface area contributed by atoms with Crippen molar-refractivity contribution in [3.8, 4) is 11.5 Å². The van der Waals surface area contributed by atoms with E-state index in [0.717, 1.165) is 30.7 Å². The predicted molar refractivity (Wildman–Crippen MR) is 81.6 cm³/mol. The van der Waals surface area contributed by atoms with E-state index in [1.807, 2.05) is 6.20 Å². The molecule has 0 aromatic carbocycles. The van der Waals surface area contributed by atoms with Crippen LogP contribution in [-0.2, 0) is 13.0 Å². The van der Waals surface area contributed by atoms with E-state index >= 15 is 0 Å². The lowest BCUT2D eigenvalue weighted by Crippen LogP contribution is -2.02. The number of pyridine rings is 1. The molecule has 3 aromatic rings. The van der Waals surface area contributed by atoms with Crippen LogP contribution in [0.5, 0.6) is 0 Å². The Morgan fingerprint density at radius 2 is 2.00 bits per heavy atom. The third-order valence-corrected chi connectivity index (χ3v) is 3.45. The number of rotatable bonds is 8. The average Bonchev–Trinajstić information content (AvgIpc) is 3.26. The van der Waals surface area contributed by atoms with Crippen molar-refractivity contribution in [1.82, 2.24) is 30.2 Å². The molecule has 0 radical (unpaired) electrons. The van der Waals surface area contributed by atoms with E-state index in [-0.39, 0.29) is 12.5 Å². The molecule has 0 atom stereocenters. The number of alkyl halides is 2. The zero-order valence-corrected chi connectivity index (χ0v) is 13.2. The summed E-state index contributed by atoms with van der Waals surface area (Å²) < 4.78 is 31.5. The Hall–Kier alpha value is -2.75. The summed E-state index contributed by atoms with van der Waals surface area (Å²) in [6, 6.07) is 3.40. The summed E-state index contributed by atoms with van der Waals surface area (Å²) in [4.78, 5) is 4.25. The summed E-state index contributed by atoms with van der Waals surface area (Å²) in [7, 11) is 0. The van der Waals surface area contributed by atoms with Crippen molar-refractivity contribution in [2.75, 3.05) is 6.61 Å². The third kappa shape index (κ3) is 4.41. The highest BCUT2D eigenvalue weighted by Gasteiger charge is 2.17. The van der Waals surface area contributed by atoms with Crippen LogP contribution in [0.4, 0.5) is 8.78 Å². The quantitative estimate of drug-likeness (QED) is 0.620. The van der Waals surface area contributed by atoms with Gasteiger partial charge in [0.2, 0.25) is 5.89 Å². The minimum Gasteiger partial charge on any atom is -0.415 e. The van der Waals surface area contributed by atoms with Crippen molar-refractivity contribution in [2.24, 2.45) is 0 Å². The summed E-state index contributed by atoms with van der Waals surface area (Å²) >= 11 is 0. The minimum absolute atomic E-state index is 0.00118. The van der Waals surface area contributed by atoms with Crippen LogP contribution in [0.1, 0.15) is 36.5 Å². The normalized spacial score (nSPS) is 11.4. The van der Waals surface area contributed by atoms with Crippen LogP contribution in [0.2, 0.25) is 0 Å². The molecule has 10 heteroatoms. The van der Waals surface area contributed by atoms with Crippen LogP contribution in [-0.4, -0.2) is 41.9 Å². The Morgan fingerprint density at radius 3 is 2.68 bits per heavy atom. The fourth-order valence-electron chi connectivity index (χ4n) is 2.20. The highest BCUT2D eigenvalue weighted by atomic mass is 19.3. The van der Waals surface area contributed by atoms with Gasteiger partial charge in [0.1, 0.15) is 0 Å². The number of halogens is 2. The van der Waals surface area contributed by atoms with Gasteiger partial charge in [-0.15, -0.1) is 15.3 Å². The zero-order chi connectivity index (χ0) is 17.6. The molecule has 1 N–H and O–H groups in total. The average molecular weight is 350 g/mol. The topological polar surface area (TPSA) is 103 Å². The molecular formula is C15H16F2N6O2. The molecular weight excluding hydrogens is 334 g/mol. The summed E-state index contributed by atoms with van der Waals surface area (Å²) in [5.74, 6) is -0.711. The lowest BCUT2D eigenvalue weighted by atomic mass is 10.2. The molecule has 25 heavy (non-hydrogen) atoms. The van der Waals surface area contributed by atoms with Gasteiger partial charge in [0.25, 0.3) is 5.89 Å². The van der Waals surface area contributed by atoms with E-state index < -0.39 is 12.3 Å². The third-order valence-electron chi connectivity index (χ3n) is 3.45. The smallest absolute Gasteiger partial charge is 0.314 e. The Balaban J connectivity index is 1.62. The van der Waals surface area contributed by atoms with Gasteiger partial charge < -0.3 is 9.52 Å². The van der Waals surface area contributed by atoms with Gasteiger partial charge in [-0.25, -0.2) is 4.68 Å². The van der Waals surface area contributed by atoms with Gasteiger partial charge in [0, 0.05) is 19.0 Å². The standard InChI is InChI=1S/C15H16F2N6O2/c16-13(17)15-21-20-14(25-15)10-4-5-11(18-7-10)8-23-9-12(19-22-23)3-1-2-6-24/h4-5,7,9,13,24H,1-3,6,8H2. The molecule has 8 nitrogen and oxygen atoms in total. The molecule has 0 aliphatic rings. The van der Waals surface area contributed by atoms with Gasteiger partial charge in [0.15, 0.2) is 0 Å². The van der Waals surface area contributed by atoms with Crippen LogP contribution in [0.25, 0.3) is 11.5 Å². The zero-order valence-electron chi connectivity index (χ0n) is 13.2. The fourth-order valence-corrected chi connectivity index (χ4v) is 2.20. The first-order valence-electron chi connectivity index (χ1n) is 7.72. The monoisotopic (exact) mass is 350 g/mol. The Labute approximate surface area is 141 Å². The first kappa shape index (κ1) is 17.1. The van der Waals surface area contributed by atoms with Gasteiger partial charge in [-0.05, 0) is 31.4 Å². The van der Waals surface area contributed by atoms with Gasteiger partial charge >= 0.3 is 6.43 Å². The van der Waals surface area contributed by atoms with Gasteiger partial charge in [-0.2, -0.15) is 8.78 Å². The first-order chi connectivity index (χ1) is 12.2. The number of aliphatic hydroxyl groups is 1. The molecule has 132 valence electrons. The Bertz CT molecular complexity index is 802. The van der Waals surface area contributed by atoms with Crippen LogP contribution < -0.4 is 0 Å². The van der Waals surface area contributed by atoms with Crippen molar-refractivity contribution in [2.45, 2.75) is 32.2 Å². The number of hydrogen-bond acceptors (Lipinski definition) is 7. The van der Waals surface area contributed by atoms with Crippen LogP contribution in [0.3, 0.4) is 0 Å². The molecule has 0 aliphatic heterocycles. The highest BCUT2D eigenvalue weighted by Crippen LogP contribution is 2.22. The van der Waals surface area contributed by atoms with E-state index in [2.05, 4.69) is 25.5 Å². The van der Waals surface area contributed by atoms with Gasteiger partial charge in [0.05, 0.1) is 23.5 Å². The summed E-state index contributed by atoms with van der Waals surface area (Å²) in [5.41, 5.74) is 2.05. The maximum Gasteiger partial charge on any atom is 0.314 e. The predicted octanol–water partition coefficient (Wildman–Crippen LogP) is 2.02. The molecule has 0 saturated heterocycles. The summed E-state index contributed by atoms with van der Waals surface area (Å²) in [5, 5.41) is 23.7. The van der Waals surface area contributed by atoms with Gasteiger partial charge in [-0.3, -0.25) is 4.98 Å². The van der Waals surface area contributed by atoms with E-state index in [4.69, 9.17) is 9.52 Å². The molecule has 0 spiro atoms. The second-order valence-corrected chi connectivity index (χ2v) is 5.37. The first-order valence-corrected chi connectivity index (χ1v) is 7.72. The second-order valence-electron chi connectivity index (χ2n) is 5.37. The molecule has 0 saturated carbocycles. The molecule has 0 bridgehead atoms. The summed E-state index contributed by atoms with van der Waals surface area (Å²) in [6.45, 7) is 0.600. The molecule has 0 unspecified atom stereocenters. The molecule has 0 aliphatic carbocycles. The fraction of sp³-hybridized carbons (Fsp3) is 0.400. The Kier molecular flexibility index (Phi) is 5.39. The number of unbranched alkanes of at least 4 members (excludes halogenated alkanes) is 1. The number of hydrogen-bond donors (Lipinski definition) is 1. The van der Waals surface area contributed by atoms with Crippen LogP contribution in [0.15, 0.2) is 28.9 Å². The SMILES string of the molecule is OCCCCc1cn(Cc2ccc(-c3nnc(C(F)F)o3)cn2)nn1. The number of aliphatic hydroxyl groups excluding tert-OH is 1. The van der Waals surface area contributed by atoms with Crippen molar-refractivity contribution < 1.29 is 18.3 Å². The maximum absolute atomic E-state index is 12.5. The molecule has 3 rings (SSSR count).